The van der Waals surface area contributed by atoms with E-state index in [-0.39, 0.29) is 5.78 Å². The van der Waals surface area contributed by atoms with E-state index in [1.807, 2.05) is 0 Å². The monoisotopic (exact) mass is 324 g/mol. The highest BCUT2D eigenvalue weighted by Crippen LogP contribution is 2.30. The number of carbonyl (C=O) groups is 2. The first-order valence-electron chi connectivity index (χ1n) is 7.48. The van der Waals surface area contributed by atoms with Crippen molar-refractivity contribution < 1.29 is 23.8 Å². The van der Waals surface area contributed by atoms with Crippen molar-refractivity contribution in [3.63, 3.8) is 0 Å². The number of methoxy groups -OCH3 is 1. The maximum absolute atomic E-state index is 12.3. The van der Waals surface area contributed by atoms with Gasteiger partial charge in [-0.1, -0.05) is 18.2 Å². The predicted octanol–water partition coefficient (Wildman–Crippen LogP) is 3.14. The number of fused-ring (bicyclic) bond motifs is 1. The van der Waals surface area contributed by atoms with Crippen LogP contribution in [0.15, 0.2) is 48.5 Å². The molecule has 0 radical (unpaired) electrons. The molecule has 1 aliphatic heterocycles. The van der Waals surface area contributed by atoms with Crippen LogP contribution in [0.4, 0.5) is 0 Å². The Hall–Kier alpha value is -3.08. The lowest BCUT2D eigenvalue weighted by molar-refractivity contribution is 0.0600. The summed E-state index contributed by atoms with van der Waals surface area (Å²) in [5.74, 6) is 0.713. The summed E-state index contributed by atoms with van der Waals surface area (Å²) >= 11 is 0. The molecule has 0 bridgehead atoms. The third-order valence-electron chi connectivity index (χ3n) is 3.59. The fourth-order valence-corrected chi connectivity index (χ4v) is 2.31. The molecule has 5 nitrogen and oxygen atoms in total. The molecular weight excluding hydrogens is 308 g/mol. The first-order valence-corrected chi connectivity index (χ1v) is 7.48. The van der Waals surface area contributed by atoms with Gasteiger partial charge in [0.25, 0.3) is 0 Å². The zero-order valence-electron chi connectivity index (χ0n) is 13.2. The number of ketones is 1. The van der Waals surface area contributed by atoms with E-state index in [0.717, 1.165) is 5.56 Å². The van der Waals surface area contributed by atoms with Crippen molar-refractivity contribution in [3.8, 4) is 11.5 Å². The standard InChI is InChI=1S/C19H16O5/c1-22-19(21)14-5-2-13(3-6-14)4-8-16(20)15-7-9-17-18(12-15)24-11-10-23-17/h2-9,12H,10-11H2,1H3. The van der Waals surface area contributed by atoms with Gasteiger partial charge < -0.3 is 14.2 Å². The summed E-state index contributed by atoms with van der Waals surface area (Å²) in [6.45, 7) is 0.995. The maximum atomic E-state index is 12.3. The normalized spacial score (nSPS) is 12.9. The fourth-order valence-electron chi connectivity index (χ4n) is 2.31. The van der Waals surface area contributed by atoms with E-state index in [9.17, 15) is 9.59 Å². The molecule has 0 saturated heterocycles. The summed E-state index contributed by atoms with van der Waals surface area (Å²) in [6, 6.07) is 11.9. The summed E-state index contributed by atoms with van der Waals surface area (Å²) in [4.78, 5) is 23.6. The van der Waals surface area contributed by atoms with Crippen LogP contribution in [-0.4, -0.2) is 32.1 Å². The summed E-state index contributed by atoms with van der Waals surface area (Å²) in [5.41, 5.74) is 1.81. The topological polar surface area (TPSA) is 61.8 Å². The Balaban J connectivity index is 1.72. The minimum absolute atomic E-state index is 0.135. The van der Waals surface area contributed by atoms with Crippen molar-refractivity contribution in [2.24, 2.45) is 0 Å². The summed E-state index contributed by atoms with van der Waals surface area (Å²) in [5, 5.41) is 0. The van der Waals surface area contributed by atoms with Gasteiger partial charge in [-0.15, -0.1) is 0 Å². The smallest absolute Gasteiger partial charge is 0.337 e. The van der Waals surface area contributed by atoms with Crippen molar-refractivity contribution in [3.05, 3.63) is 65.2 Å². The summed E-state index contributed by atoms with van der Waals surface area (Å²) in [6.07, 6.45) is 3.18. The quantitative estimate of drug-likeness (QED) is 0.491. The molecule has 0 amide bonds. The maximum Gasteiger partial charge on any atom is 0.337 e. The van der Waals surface area contributed by atoms with Crippen LogP contribution in [0, 0.1) is 0 Å². The number of carbonyl (C=O) groups excluding carboxylic acids is 2. The van der Waals surface area contributed by atoms with E-state index < -0.39 is 5.97 Å². The van der Waals surface area contributed by atoms with Crippen LogP contribution >= 0.6 is 0 Å². The SMILES string of the molecule is COC(=O)c1ccc(C=CC(=O)c2ccc3c(c2)OCCO3)cc1. The Labute approximate surface area is 139 Å². The lowest BCUT2D eigenvalue weighted by Crippen LogP contribution is -2.15. The highest BCUT2D eigenvalue weighted by molar-refractivity contribution is 6.07. The van der Waals surface area contributed by atoms with Crippen LogP contribution in [-0.2, 0) is 4.74 Å². The molecule has 0 unspecified atom stereocenters. The van der Waals surface area contributed by atoms with Gasteiger partial charge in [-0.3, -0.25) is 4.79 Å². The molecule has 5 heteroatoms. The highest BCUT2D eigenvalue weighted by Gasteiger charge is 2.13. The third-order valence-corrected chi connectivity index (χ3v) is 3.59. The molecule has 3 rings (SSSR count). The fraction of sp³-hybridized carbons (Fsp3) is 0.158. The van der Waals surface area contributed by atoms with Crippen LogP contribution in [0.5, 0.6) is 11.5 Å². The zero-order chi connectivity index (χ0) is 16.9. The summed E-state index contributed by atoms with van der Waals surface area (Å²) in [7, 11) is 1.34. The number of ether oxygens (including phenoxy) is 3. The average molecular weight is 324 g/mol. The Morgan fingerprint density at radius 1 is 0.958 bits per heavy atom. The Morgan fingerprint density at radius 3 is 2.33 bits per heavy atom. The van der Waals surface area contributed by atoms with Gasteiger partial charge in [-0.2, -0.15) is 0 Å². The van der Waals surface area contributed by atoms with Gasteiger partial charge in [0.1, 0.15) is 13.2 Å². The van der Waals surface area contributed by atoms with Crippen LogP contribution in [0.1, 0.15) is 26.3 Å². The van der Waals surface area contributed by atoms with Crippen LogP contribution in [0.3, 0.4) is 0 Å². The van der Waals surface area contributed by atoms with Crippen LogP contribution in [0.2, 0.25) is 0 Å². The molecule has 1 aliphatic rings. The van der Waals surface area contributed by atoms with E-state index in [2.05, 4.69) is 4.74 Å². The van der Waals surface area contributed by atoms with E-state index in [4.69, 9.17) is 9.47 Å². The minimum atomic E-state index is -0.391. The largest absolute Gasteiger partial charge is 0.486 e. The van der Waals surface area contributed by atoms with Gasteiger partial charge in [0.05, 0.1) is 12.7 Å². The van der Waals surface area contributed by atoms with E-state index in [0.29, 0.717) is 35.8 Å². The molecule has 0 saturated carbocycles. The predicted molar refractivity (Wildman–Crippen MR) is 88.6 cm³/mol. The Morgan fingerprint density at radius 2 is 1.62 bits per heavy atom. The molecule has 24 heavy (non-hydrogen) atoms. The molecule has 2 aromatic carbocycles. The number of rotatable bonds is 4. The Kier molecular flexibility index (Phi) is 4.61. The molecule has 0 aliphatic carbocycles. The van der Waals surface area contributed by atoms with Crippen molar-refractivity contribution in [1.29, 1.82) is 0 Å². The average Bonchev–Trinajstić information content (AvgIpc) is 2.65. The minimum Gasteiger partial charge on any atom is -0.486 e. The van der Waals surface area contributed by atoms with Crippen LogP contribution < -0.4 is 9.47 Å². The van der Waals surface area contributed by atoms with Gasteiger partial charge >= 0.3 is 5.97 Å². The number of hydrogen-bond donors (Lipinski definition) is 0. The first kappa shape index (κ1) is 15.8. The Bertz CT molecular complexity index is 790. The molecule has 1 heterocycles. The molecule has 0 aromatic heterocycles. The lowest BCUT2D eigenvalue weighted by Gasteiger charge is -2.18. The summed E-state index contributed by atoms with van der Waals surface area (Å²) < 4.78 is 15.6. The van der Waals surface area contributed by atoms with Crippen molar-refractivity contribution in [2.45, 2.75) is 0 Å². The molecule has 0 fully saturated rings. The van der Waals surface area contributed by atoms with Gasteiger partial charge in [-0.25, -0.2) is 4.79 Å². The number of allylic oxidation sites excluding steroid dienone is 1. The third kappa shape index (κ3) is 3.46. The second-order valence-electron chi connectivity index (χ2n) is 5.17. The van der Waals surface area contributed by atoms with E-state index in [1.54, 1.807) is 48.5 Å². The number of benzene rings is 2. The van der Waals surface area contributed by atoms with Gasteiger partial charge in [0, 0.05) is 5.56 Å². The van der Waals surface area contributed by atoms with E-state index >= 15 is 0 Å². The first-order chi connectivity index (χ1) is 11.7. The molecular formula is C19H16O5. The zero-order valence-corrected chi connectivity index (χ0v) is 13.2. The molecule has 0 spiro atoms. The molecule has 2 aromatic rings. The van der Waals surface area contributed by atoms with Crippen molar-refractivity contribution >= 4 is 17.8 Å². The number of esters is 1. The van der Waals surface area contributed by atoms with Gasteiger partial charge in [0.15, 0.2) is 17.3 Å². The van der Waals surface area contributed by atoms with Crippen molar-refractivity contribution in [2.75, 3.05) is 20.3 Å². The van der Waals surface area contributed by atoms with E-state index in [1.165, 1.54) is 13.2 Å². The number of hydrogen-bond acceptors (Lipinski definition) is 5. The second kappa shape index (κ2) is 7.00. The molecule has 0 N–H and O–H groups in total. The lowest BCUT2D eigenvalue weighted by atomic mass is 10.1. The van der Waals surface area contributed by atoms with Gasteiger partial charge in [0.2, 0.25) is 0 Å². The molecule has 0 atom stereocenters. The van der Waals surface area contributed by atoms with Crippen molar-refractivity contribution in [1.82, 2.24) is 0 Å². The van der Waals surface area contributed by atoms with Gasteiger partial charge in [-0.05, 0) is 42.0 Å². The van der Waals surface area contributed by atoms with Crippen LogP contribution in [0.25, 0.3) is 6.08 Å². The highest BCUT2D eigenvalue weighted by atomic mass is 16.6. The second-order valence-corrected chi connectivity index (χ2v) is 5.17. The molecule has 122 valence electrons.